The monoisotopic (exact) mass is 299 g/mol. The predicted molar refractivity (Wildman–Crippen MR) is 76.8 cm³/mol. The van der Waals surface area contributed by atoms with E-state index >= 15 is 0 Å². The maximum atomic E-state index is 12.1. The van der Waals surface area contributed by atoms with Crippen LogP contribution in [0.3, 0.4) is 0 Å². The van der Waals surface area contributed by atoms with E-state index in [2.05, 4.69) is 4.72 Å². The molecule has 20 heavy (non-hydrogen) atoms. The van der Waals surface area contributed by atoms with Crippen molar-refractivity contribution >= 4 is 16.0 Å². The highest BCUT2D eigenvalue weighted by Crippen LogP contribution is 2.13. The van der Waals surface area contributed by atoms with Crippen LogP contribution in [-0.4, -0.2) is 26.0 Å². The summed E-state index contributed by atoms with van der Waals surface area (Å²) in [5, 5.41) is 0. The first-order valence-corrected chi connectivity index (χ1v) is 7.81. The van der Waals surface area contributed by atoms with Gasteiger partial charge in [0.15, 0.2) is 0 Å². The number of rotatable bonds is 4. The number of carbonyl (C=O) groups excluding carboxylic acids is 1. The fraction of sp³-hybridized carbons (Fsp3) is 0.500. The van der Waals surface area contributed by atoms with E-state index in [-0.39, 0.29) is 4.90 Å². The van der Waals surface area contributed by atoms with Crippen molar-refractivity contribution < 1.29 is 17.9 Å². The predicted octanol–water partition coefficient (Wildman–Crippen LogP) is 2.00. The Morgan fingerprint density at radius 2 is 1.90 bits per heavy atom. The molecule has 0 saturated carbocycles. The number of carbonyl (C=O) groups is 1. The fourth-order valence-corrected chi connectivity index (χ4v) is 2.82. The van der Waals surface area contributed by atoms with Gasteiger partial charge < -0.3 is 4.74 Å². The van der Waals surface area contributed by atoms with Gasteiger partial charge in [-0.1, -0.05) is 12.1 Å². The van der Waals surface area contributed by atoms with Gasteiger partial charge in [-0.05, 0) is 52.3 Å². The lowest BCUT2D eigenvalue weighted by atomic mass is 10.2. The topological polar surface area (TPSA) is 72.5 Å². The first-order valence-electron chi connectivity index (χ1n) is 6.33. The quantitative estimate of drug-likeness (QED) is 0.863. The highest BCUT2D eigenvalue weighted by Gasteiger charge is 2.26. The summed E-state index contributed by atoms with van der Waals surface area (Å²) in [6.45, 7) is 8.45. The van der Waals surface area contributed by atoms with Gasteiger partial charge in [0.25, 0.3) is 0 Å². The van der Waals surface area contributed by atoms with Gasteiger partial charge in [0, 0.05) is 0 Å². The zero-order valence-electron chi connectivity index (χ0n) is 12.4. The first kappa shape index (κ1) is 16.7. The van der Waals surface area contributed by atoms with Gasteiger partial charge in [-0.15, -0.1) is 0 Å². The molecular weight excluding hydrogens is 278 g/mol. The molecular formula is C14H21NO4S. The van der Waals surface area contributed by atoms with Crippen LogP contribution in [0.4, 0.5) is 0 Å². The molecule has 0 bridgehead atoms. The molecule has 0 saturated heterocycles. The van der Waals surface area contributed by atoms with Crippen LogP contribution in [-0.2, 0) is 19.6 Å². The molecule has 1 rings (SSSR count). The third kappa shape index (κ3) is 4.94. The van der Waals surface area contributed by atoms with Crippen LogP contribution >= 0.6 is 0 Å². The lowest BCUT2D eigenvalue weighted by molar-refractivity contribution is -0.156. The molecule has 0 unspecified atom stereocenters. The second-order valence-electron chi connectivity index (χ2n) is 5.69. The highest BCUT2D eigenvalue weighted by molar-refractivity contribution is 7.89. The largest absolute Gasteiger partial charge is 0.459 e. The van der Waals surface area contributed by atoms with E-state index in [9.17, 15) is 13.2 Å². The standard InChI is InChI=1S/C14H21NO4S/c1-10-7-6-8-12(9-10)20(17,18)15-11(2)13(16)19-14(3,4)5/h6-9,11,15H,1-5H3/t11-/m1/s1. The van der Waals surface area contributed by atoms with E-state index in [1.807, 2.05) is 0 Å². The van der Waals surface area contributed by atoms with Crippen molar-refractivity contribution in [3.63, 3.8) is 0 Å². The fourth-order valence-electron chi connectivity index (χ4n) is 1.52. The van der Waals surface area contributed by atoms with Crippen LogP contribution < -0.4 is 4.72 Å². The van der Waals surface area contributed by atoms with Gasteiger partial charge in [-0.2, -0.15) is 4.72 Å². The van der Waals surface area contributed by atoms with Gasteiger partial charge >= 0.3 is 5.97 Å². The summed E-state index contributed by atoms with van der Waals surface area (Å²) in [6.07, 6.45) is 0. The SMILES string of the molecule is Cc1cccc(S(=O)(=O)N[C@H](C)C(=O)OC(C)(C)C)c1. The van der Waals surface area contributed by atoms with E-state index in [1.165, 1.54) is 13.0 Å². The Hall–Kier alpha value is -1.40. The van der Waals surface area contributed by atoms with Gasteiger partial charge in [0.2, 0.25) is 10.0 Å². The summed E-state index contributed by atoms with van der Waals surface area (Å²) in [6, 6.07) is 5.54. The Morgan fingerprint density at radius 3 is 2.40 bits per heavy atom. The average Bonchev–Trinajstić information content (AvgIpc) is 2.26. The summed E-state index contributed by atoms with van der Waals surface area (Å²) in [5.74, 6) is -0.603. The second kappa shape index (κ2) is 5.93. The second-order valence-corrected chi connectivity index (χ2v) is 7.41. The van der Waals surface area contributed by atoms with Crippen molar-refractivity contribution in [3.8, 4) is 0 Å². The van der Waals surface area contributed by atoms with E-state index in [4.69, 9.17) is 4.74 Å². The Balaban J connectivity index is 2.84. The Bertz CT molecular complexity index is 587. The van der Waals surface area contributed by atoms with Crippen LogP contribution in [0.2, 0.25) is 0 Å². The molecule has 1 aromatic rings. The number of nitrogens with one attached hydrogen (secondary N) is 1. The number of aryl methyl sites for hydroxylation is 1. The lowest BCUT2D eigenvalue weighted by Crippen LogP contribution is -2.42. The van der Waals surface area contributed by atoms with E-state index in [0.717, 1.165) is 5.56 Å². The zero-order chi connectivity index (χ0) is 15.6. The van der Waals surface area contributed by atoms with Crippen molar-refractivity contribution in [1.82, 2.24) is 4.72 Å². The number of esters is 1. The molecule has 0 aliphatic rings. The number of hydrogen-bond acceptors (Lipinski definition) is 4. The molecule has 0 radical (unpaired) electrons. The van der Waals surface area contributed by atoms with Gasteiger partial charge in [0.1, 0.15) is 11.6 Å². The summed E-state index contributed by atoms with van der Waals surface area (Å²) in [5.41, 5.74) is 0.179. The average molecular weight is 299 g/mol. The number of ether oxygens (including phenoxy) is 1. The Morgan fingerprint density at radius 1 is 1.30 bits per heavy atom. The Labute approximate surface area is 120 Å². The normalized spacial score (nSPS) is 13.8. The van der Waals surface area contributed by atoms with Gasteiger partial charge in [0.05, 0.1) is 4.90 Å². The molecule has 112 valence electrons. The van der Waals surface area contributed by atoms with Crippen molar-refractivity contribution in [3.05, 3.63) is 29.8 Å². The van der Waals surface area contributed by atoms with Crippen LogP contribution in [0.25, 0.3) is 0 Å². The minimum absolute atomic E-state index is 0.132. The molecule has 0 heterocycles. The number of benzene rings is 1. The summed E-state index contributed by atoms with van der Waals surface area (Å²) in [4.78, 5) is 11.9. The van der Waals surface area contributed by atoms with Crippen LogP contribution in [0.15, 0.2) is 29.2 Å². The highest BCUT2D eigenvalue weighted by atomic mass is 32.2. The molecule has 0 spiro atoms. The van der Waals surface area contributed by atoms with Crippen LogP contribution in [0.1, 0.15) is 33.3 Å². The summed E-state index contributed by atoms with van der Waals surface area (Å²) < 4.78 is 31.8. The van der Waals surface area contributed by atoms with Crippen molar-refractivity contribution in [2.75, 3.05) is 0 Å². The van der Waals surface area contributed by atoms with E-state index < -0.39 is 27.6 Å². The van der Waals surface area contributed by atoms with Crippen molar-refractivity contribution in [1.29, 1.82) is 0 Å². The third-order valence-electron chi connectivity index (χ3n) is 2.39. The maximum Gasteiger partial charge on any atom is 0.324 e. The third-order valence-corrected chi connectivity index (χ3v) is 3.93. The Kier molecular flexibility index (Phi) is 4.94. The van der Waals surface area contributed by atoms with Crippen molar-refractivity contribution in [2.45, 2.75) is 51.2 Å². The first-order chi connectivity index (χ1) is 9.01. The molecule has 0 aliphatic carbocycles. The molecule has 1 atom stereocenters. The van der Waals surface area contributed by atoms with Crippen molar-refractivity contribution in [2.24, 2.45) is 0 Å². The lowest BCUT2D eigenvalue weighted by Gasteiger charge is -2.22. The van der Waals surface area contributed by atoms with Gasteiger partial charge in [-0.25, -0.2) is 8.42 Å². The van der Waals surface area contributed by atoms with Crippen LogP contribution in [0, 0.1) is 6.92 Å². The molecule has 0 fully saturated rings. The van der Waals surface area contributed by atoms with Gasteiger partial charge in [-0.3, -0.25) is 4.79 Å². The molecule has 0 amide bonds. The number of hydrogen-bond donors (Lipinski definition) is 1. The minimum Gasteiger partial charge on any atom is -0.459 e. The maximum absolute atomic E-state index is 12.1. The smallest absolute Gasteiger partial charge is 0.324 e. The molecule has 1 N–H and O–H groups in total. The summed E-state index contributed by atoms with van der Waals surface area (Å²) in [7, 11) is -3.73. The van der Waals surface area contributed by atoms with E-state index in [0.29, 0.717) is 0 Å². The summed E-state index contributed by atoms with van der Waals surface area (Å²) >= 11 is 0. The molecule has 5 nitrogen and oxygen atoms in total. The molecule has 1 aromatic carbocycles. The van der Waals surface area contributed by atoms with E-state index in [1.54, 1.807) is 45.9 Å². The molecule has 0 aromatic heterocycles. The molecule has 0 aliphatic heterocycles. The zero-order valence-corrected chi connectivity index (χ0v) is 13.2. The van der Waals surface area contributed by atoms with Crippen LogP contribution in [0.5, 0.6) is 0 Å². The molecule has 6 heteroatoms. The number of sulfonamides is 1. The minimum atomic E-state index is -3.73.